The van der Waals surface area contributed by atoms with E-state index in [2.05, 4.69) is 15.3 Å². The van der Waals surface area contributed by atoms with Gasteiger partial charge in [-0.05, 0) is 92.5 Å². The third-order valence-corrected chi connectivity index (χ3v) is 6.68. The lowest BCUT2D eigenvalue weighted by molar-refractivity contribution is -0.137. The Labute approximate surface area is 222 Å². The van der Waals surface area contributed by atoms with E-state index in [4.69, 9.17) is 4.74 Å². The Hall–Kier alpha value is -4.18. The van der Waals surface area contributed by atoms with Crippen molar-refractivity contribution in [1.29, 1.82) is 0 Å². The number of nitrogens with one attached hydrogen (secondary N) is 2. The van der Waals surface area contributed by atoms with Crippen molar-refractivity contribution in [3.63, 3.8) is 0 Å². The minimum atomic E-state index is -4.52. The maximum Gasteiger partial charge on any atom is 0.416 e. The third kappa shape index (κ3) is 6.12. The standard InChI is InChI=1S/C29H27F3N4O3/c1-36(2)16-17-11-21(29(30,31)32)15-22(12-17)34-28(38)19-4-3-18-5-6-23(14-20(18)13-19)39-25-9-10-33-27-24(25)7-8-26(37)35-27/h5-12,14-15,19H,3-4,13,16H2,1-2H3,(H,34,38)(H,33,35,37). The quantitative estimate of drug-likeness (QED) is 0.338. The summed E-state index contributed by atoms with van der Waals surface area (Å²) in [4.78, 5) is 33.4. The van der Waals surface area contributed by atoms with Crippen LogP contribution in [0.3, 0.4) is 0 Å². The van der Waals surface area contributed by atoms with E-state index in [9.17, 15) is 22.8 Å². The van der Waals surface area contributed by atoms with Gasteiger partial charge >= 0.3 is 6.18 Å². The number of benzene rings is 2. The number of carbonyl (C=O) groups is 1. The van der Waals surface area contributed by atoms with Gasteiger partial charge in [0.25, 0.3) is 0 Å². The number of halogens is 3. The van der Waals surface area contributed by atoms with Crippen LogP contribution in [0.2, 0.25) is 0 Å². The summed E-state index contributed by atoms with van der Waals surface area (Å²) in [6.07, 6.45) is -1.28. The molecule has 10 heteroatoms. The summed E-state index contributed by atoms with van der Waals surface area (Å²) in [5.41, 5.74) is 2.01. The molecule has 1 unspecified atom stereocenters. The van der Waals surface area contributed by atoms with Gasteiger partial charge in [-0.3, -0.25) is 9.59 Å². The van der Waals surface area contributed by atoms with Crippen molar-refractivity contribution >= 4 is 22.6 Å². The fourth-order valence-electron chi connectivity index (χ4n) is 4.90. The molecule has 202 valence electrons. The first-order chi connectivity index (χ1) is 18.5. The largest absolute Gasteiger partial charge is 0.457 e. The number of hydrogen-bond donors (Lipinski definition) is 2. The van der Waals surface area contributed by atoms with Gasteiger partial charge in [0.05, 0.1) is 10.9 Å². The molecule has 0 fully saturated rings. The van der Waals surface area contributed by atoms with Gasteiger partial charge in [0.15, 0.2) is 0 Å². The van der Waals surface area contributed by atoms with Crippen LogP contribution in [0.15, 0.2) is 65.6 Å². The third-order valence-electron chi connectivity index (χ3n) is 6.68. The SMILES string of the molecule is CN(C)Cc1cc(NC(=O)C2CCc3ccc(Oc4ccnc5[nH]c(=O)ccc45)cc3C2)cc(C(F)(F)F)c1. The van der Waals surface area contributed by atoms with E-state index in [1.165, 1.54) is 6.07 Å². The fourth-order valence-corrected chi connectivity index (χ4v) is 4.90. The van der Waals surface area contributed by atoms with E-state index in [1.807, 2.05) is 18.2 Å². The Morgan fingerprint density at radius 1 is 1.10 bits per heavy atom. The number of nitrogens with zero attached hydrogens (tertiary/aromatic N) is 2. The summed E-state index contributed by atoms with van der Waals surface area (Å²) in [5, 5.41) is 3.38. The molecule has 0 saturated heterocycles. The molecular formula is C29H27F3N4O3. The van der Waals surface area contributed by atoms with Crippen LogP contribution < -0.4 is 15.6 Å². The van der Waals surface area contributed by atoms with Gasteiger partial charge in [-0.15, -0.1) is 0 Å². The Morgan fingerprint density at radius 3 is 2.69 bits per heavy atom. The van der Waals surface area contributed by atoms with E-state index in [0.717, 1.165) is 23.3 Å². The van der Waals surface area contributed by atoms with Crippen molar-refractivity contribution in [2.45, 2.75) is 32.0 Å². The average Bonchev–Trinajstić information content (AvgIpc) is 2.87. The molecule has 0 aliphatic heterocycles. The molecule has 39 heavy (non-hydrogen) atoms. The number of ether oxygens (including phenoxy) is 1. The molecule has 1 aliphatic carbocycles. The van der Waals surface area contributed by atoms with E-state index in [0.29, 0.717) is 53.9 Å². The molecule has 7 nitrogen and oxygen atoms in total. The smallest absolute Gasteiger partial charge is 0.416 e. The van der Waals surface area contributed by atoms with E-state index < -0.39 is 17.7 Å². The molecule has 1 amide bonds. The topological polar surface area (TPSA) is 87.3 Å². The molecule has 2 aromatic heterocycles. The van der Waals surface area contributed by atoms with Crippen LogP contribution in [0.5, 0.6) is 11.5 Å². The highest BCUT2D eigenvalue weighted by Gasteiger charge is 2.32. The second-order valence-corrected chi connectivity index (χ2v) is 10.0. The zero-order valence-electron chi connectivity index (χ0n) is 21.4. The van der Waals surface area contributed by atoms with Crippen molar-refractivity contribution in [2.75, 3.05) is 19.4 Å². The van der Waals surface area contributed by atoms with Crippen LogP contribution in [0.25, 0.3) is 11.0 Å². The van der Waals surface area contributed by atoms with Crippen LogP contribution in [-0.4, -0.2) is 34.9 Å². The highest BCUT2D eigenvalue weighted by Crippen LogP contribution is 2.35. The van der Waals surface area contributed by atoms with Crippen LogP contribution >= 0.6 is 0 Å². The minimum Gasteiger partial charge on any atom is -0.457 e. The first kappa shape index (κ1) is 26.4. The number of carbonyl (C=O) groups excluding carboxylic acids is 1. The normalized spacial score (nSPS) is 15.3. The zero-order chi connectivity index (χ0) is 27.7. The number of anilines is 1. The van der Waals surface area contributed by atoms with E-state index >= 15 is 0 Å². The molecule has 0 saturated carbocycles. The number of pyridine rings is 2. The summed E-state index contributed by atoms with van der Waals surface area (Å²) in [7, 11) is 3.54. The molecule has 0 radical (unpaired) electrons. The lowest BCUT2D eigenvalue weighted by Crippen LogP contribution is -2.28. The highest BCUT2D eigenvalue weighted by atomic mass is 19.4. The second kappa shape index (κ2) is 10.5. The molecular weight excluding hydrogens is 509 g/mol. The van der Waals surface area contributed by atoms with Crippen molar-refractivity contribution in [3.8, 4) is 11.5 Å². The number of aryl methyl sites for hydroxylation is 1. The number of H-pyrrole nitrogens is 1. The van der Waals surface area contributed by atoms with E-state index in [-0.39, 0.29) is 17.2 Å². The predicted molar refractivity (Wildman–Crippen MR) is 142 cm³/mol. The number of aromatic amines is 1. The van der Waals surface area contributed by atoms with Gasteiger partial charge in [-0.1, -0.05) is 6.07 Å². The van der Waals surface area contributed by atoms with E-state index in [1.54, 1.807) is 43.4 Å². The van der Waals surface area contributed by atoms with Gasteiger partial charge in [0, 0.05) is 30.4 Å². The first-order valence-corrected chi connectivity index (χ1v) is 12.5. The molecule has 2 N–H and O–H groups in total. The molecule has 2 heterocycles. The van der Waals surface area contributed by atoms with Crippen molar-refractivity contribution < 1.29 is 22.7 Å². The maximum absolute atomic E-state index is 13.5. The zero-order valence-corrected chi connectivity index (χ0v) is 21.4. The minimum absolute atomic E-state index is 0.136. The van der Waals surface area contributed by atoms with Crippen LogP contribution in [0, 0.1) is 5.92 Å². The van der Waals surface area contributed by atoms with Crippen LogP contribution in [0.1, 0.15) is 28.7 Å². The van der Waals surface area contributed by atoms with Gasteiger partial charge in [0.1, 0.15) is 17.1 Å². The maximum atomic E-state index is 13.5. The molecule has 2 aromatic carbocycles. The van der Waals surface area contributed by atoms with Gasteiger partial charge < -0.3 is 19.9 Å². The molecule has 0 spiro atoms. The molecule has 0 bridgehead atoms. The Kier molecular flexibility index (Phi) is 7.14. The fraction of sp³-hybridized carbons (Fsp3) is 0.276. The number of aromatic nitrogens is 2. The van der Waals surface area contributed by atoms with Crippen molar-refractivity contribution in [3.05, 3.63) is 93.4 Å². The summed E-state index contributed by atoms with van der Waals surface area (Å²) in [6, 6.07) is 14.1. The lowest BCUT2D eigenvalue weighted by atomic mass is 9.83. The number of amides is 1. The van der Waals surface area contributed by atoms with Crippen molar-refractivity contribution in [2.24, 2.45) is 5.92 Å². The Bertz CT molecular complexity index is 1600. The second-order valence-electron chi connectivity index (χ2n) is 10.0. The van der Waals surface area contributed by atoms with Gasteiger partial charge in [0.2, 0.25) is 11.5 Å². The predicted octanol–water partition coefficient (Wildman–Crippen LogP) is 5.54. The van der Waals surface area contributed by atoms with Gasteiger partial charge in [-0.25, -0.2) is 4.98 Å². The highest BCUT2D eigenvalue weighted by molar-refractivity contribution is 5.93. The molecule has 1 aliphatic rings. The molecule has 5 rings (SSSR count). The summed E-state index contributed by atoms with van der Waals surface area (Å²) >= 11 is 0. The number of rotatable bonds is 6. The number of alkyl halides is 3. The number of hydrogen-bond acceptors (Lipinski definition) is 5. The molecule has 4 aromatic rings. The Balaban J connectivity index is 1.34. The summed E-state index contributed by atoms with van der Waals surface area (Å²) in [5.74, 6) is 0.386. The van der Waals surface area contributed by atoms with Crippen LogP contribution in [-0.2, 0) is 30.4 Å². The van der Waals surface area contributed by atoms with Crippen LogP contribution in [0.4, 0.5) is 18.9 Å². The lowest BCUT2D eigenvalue weighted by Gasteiger charge is -2.25. The van der Waals surface area contributed by atoms with Crippen molar-refractivity contribution in [1.82, 2.24) is 14.9 Å². The monoisotopic (exact) mass is 536 g/mol. The number of fused-ring (bicyclic) bond motifs is 2. The summed E-state index contributed by atoms with van der Waals surface area (Å²) in [6.45, 7) is 0.315. The van der Waals surface area contributed by atoms with Gasteiger partial charge in [-0.2, -0.15) is 13.2 Å². The first-order valence-electron chi connectivity index (χ1n) is 12.5. The Morgan fingerprint density at radius 2 is 1.92 bits per heavy atom. The average molecular weight is 537 g/mol. The molecule has 1 atom stereocenters. The summed E-state index contributed by atoms with van der Waals surface area (Å²) < 4.78 is 46.6.